The molecule has 1 aromatic carbocycles. The van der Waals surface area contributed by atoms with Crippen LogP contribution >= 0.6 is 0 Å². The number of nitrogens with zero attached hydrogens (tertiary/aromatic N) is 3. The van der Waals surface area contributed by atoms with Crippen LogP contribution in [0.5, 0.6) is 5.75 Å². The first kappa shape index (κ1) is 17.5. The van der Waals surface area contributed by atoms with Crippen molar-refractivity contribution in [2.75, 3.05) is 36.6 Å². The van der Waals surface area contributed by atoms with Crippen molar-refractivity contribution in [3.05, 3.63) is 35.0 Å². The van der Waals surface area contributed by atoms with Crippen LogP contribution in [0.15, 0.2) is 18.2 Å². The lowest BCUT2D eigenvalue weighted by molar-refractivity contribution is 0.412. The standard InChI is InChI=1S/C21H27N5O/c1-12-7-8-17(27-4)13(2)18(12)21-20(23)19(22)16-11-15(14(3)24-26(16)21)25-9-5-6-10-25/h7-8,11H,5-6,9-10,22-23H2,1-4H3. The average Bonchev–Trinajstić information content (AvgIpc) is 3.25. The van der Waals surface area contributed by atoms with Gasteiger partial charge >= 0.3 is 0 Å². The van der Waals surface area contributed by atoms with Gasteiger partial charge in [0.1, 0.15) is 5.75 Å². The summed E-state index contributed by atoms with van der Waals surface area (Å²) < 4.78 is 7.42. The number of rotatable bonds is 3. The van der Waals surface area contributed by atoms with Crippen molar-refractivity contribution < 1.29 is 4.74 Å². The fourth-order valence-electron chi connectivity index (χ4n) is 4.22. The highest BCUT2D eigenvalue weighted by Crippen LogP contribution is 2.42. The highest BCUT2D eigenvalue weighted by atomic mass is 16.5. The maximum absolute atomic E-state index is 6.49. The molecule has 1 aliphatic heterocycles. The molecule has 0 atom stereocenters. The van der Waals surface area contributed by atoms with Crippen molar-refractivity contribution in [3.8, 4) is 17.0 Å². The van der Waals surface area contributed by atoms with Crippen molar-refractivity contribution in [2.45, 2.75) is 33.6 Å². The molecule has 0 bridgehead atoms. The summed E-state index contributed by atoms with van der Waals surface area (Å²) >= 11 is 0. The van der Waals surface area contributed by atoms with E-state index in [-0.39, 0.29) is 0 Å². The molecule has 1 aliphatic rings. The third-order valence-corrected chi connectivity index (χ3v) is 5.68. The number of ether oxygens (including phenoxy) is 1. The van der Waals surface area contributed by atoms with Gasteiger partial charge in [0, 0.05) is 24.2 Å². The molecule has 142 valence electrons. The highest BCUT2D eigenvalue weighted by Gasteiger charge is 2.24. The summed E-state index contributed by atoms with van der Waals surface area (Å²) in [7, 11) is 1.68. The zero-order valence-electron chi connectivity index (χ0n) is 16.5. The van der Waals surface area contributed by atoms with Gasteiger partial charge in [-0.1, -0.05) is 6.07 Å². The lowest BCUT2D eigenvalue weighted by atomic mass is 9.98. The molecule has 0 aliphatic carbocycles. The van der Waals surface area contributed by atoms with Gasteiger partial charge in [-0.25, -0.2) is 4.52 Å². The fraction of sp³-hybridized carbons (Fsp3) is 0.381. The Kier molecular flexibility index (Phi) is 4.13. The Hall–Kier alpha value is -2.89. The Bertz CT molecular complexity index is 1030. The molecular weight excluding hydrogens is 338 g/mol. The van der Waals surface area contributed by atoms with E-state index in [1.54, 1.807) is 7.11 Å². The van der Waals surface area contributed by atoms with Gasteiger partial charge < -0.3 is 21.1 Å². The second-order valence-electron chi connectivity index (χ2n) is 7.37. The number of hydrogen-bond donors (Lipinski definition) is 2. The molecule has 4 rings (SSSR count). The SMILES string of the molecule is COc1ccc(C)c(-c2c(N)c(N)c3cc(N4CCCC4)c(C)nn23)c1C. The Morgan fingerprint density at radius 1 is 1.04 bits per heavy atom. The maximum atomic E-state index is 6.49. The second-order valence-corrected chi connectivity index (χ2v) is 7.37. The van der Waals surface area contributed by atoms with E-state index in [1.807, 2.05) is 23.6 Å². The van der Waals surface area contributed by atoms with Crippen molar-refractivity contribution >= 4 is 22.6 Å². The molecule has 4 N–H and O–H groups in total. The minimum absolute atomic E-state index is 0.569. The van der Waals surface area contributed by atoms with Crippen LogP contribution in [0.25, 0.3) is 16.8 Å². The van der Waals surface area contributed by atoms with Gasteiger partial charge in [-0.05, 0) is 51.3 Å². The van der Waals surface area contributed by atoms with E-state index in [4.69, 9.17) is 21.3 Å². The molecule has 0 spiro atoms. The predicted molar refractivity (Wildman–Crippen MR) is 112 cm³/mol. The van der Waals surface area contributed by atoms with Crippen LogP contribution < -0.4 is 21.1 Å². The van der Waals surface area contributed by atoms with Crippen LogP contribution in [0.1, 0.15) is 29.7 Å². The molecule has 0 amide bonds. The van der Waals surface area contributed by atoms with E-state index < -0.39 is 0 Å². The topological polar surface area (TPSA) is 81.8 Å². The number of benzene rings is 1. The number of nitrogen functional groups attached to an aromatic ring is 2. The zero-order valence-corrected chi connectivity index (χ0v) is 16.5. The molecule has 0 saturated carbocycles. The molecule has 27 heavy (non-hydrogen) atoms. The van der Waals surface area contributed by atoms with Crippen LogP contribution in [-0.4, -0.2) is 29.8 Å². The van der Waals surface area contributed by atoms with Crippen LogP contribution in [0.2, 0.25) is 0 Å². The minimum Gasteiger partial charge on any atom is -0.496 e. The van der Waals surface area contributed by atoms with Gasteiger partial charge in [0.2, 0.25) is 0 Å². The third kappa shape index (κ3) is 2.59. The highest BCUT2D eigenvalue weighted by molar-refractivity contribution is 5.96. The molecule has 1 fully saturated rings. The van der Waals surface area contributed by atoms with Crippen LogP contribution in [0.4, 0.5) is 17.1 Å². The first-order valence-corrected chi connectivity index (χ1v) is 9.40. The molecule has 3 aromatic rings. The Morgan fingerprint density at radius 2 is 1.74 bits per heavy atom. The number of nitrogens with two attached hydrogens (primary N) is 2. The lowest BCUT2D eigenvalue weighted by Gasteiger charge is -2.20. The molecule has 6 nitrogen and oxygen atoms in total. The monoisotopic (exact) mass is 365 g/mol. The van der Waals surface area contributed by atoms with E-state index in [1.165, 1.54) is 12.8 Å². The van der Waals surface area contributed by atoms with Gasteiger partial charge in [-0.3, -0.25) is 0 Å². The maximum Gasteiger partial charge on any atom is 0.122 e. The Morgan fingerprint density at radius 3 is 2.41 bits per heavy atom. The zero-order chi connectivity index (χ0) is 19.3. The second kappa shape index (κ2) is 6.37. The van der Waals surface area contributed by atoms with E-state index >= 15 is 0 Å². The van der Waals surface area contributed by atoms with Gasteiger partial charge in [0.25, 0.3) is 0 Å². The van der Waals surface area contributed by atoms with Gasteiger partial charge in [0.05, 0.1) is 41.1 Å². The number of hydrogen-bond acceptors (Lipinski definition) is 5. The molecular formula is C21H27N5O. The predicted octanol–water partition coefficient (Wildman–Crippen LogP) is 3.70. The van der Waals surface area contributed by atoms with Crippen molar-refractivity contribution in [3.63, 3.8) is 0 Å². The van der Waals surface area contributed by atoms with Crippen LogP contribution in [-0.2, 0) is 0 Å². The van der Waals surface area contributed by atoms with Crippen molar-refractivity contribution in [1.29, 1.82) is 0 Å². The minimum atomic E-state index is 0.569. The molecule has 2 aromatic heterocycles. The summed E-state index contributed by atoms with van der Waals surface area (Å²) in [5.74, 6) is 0.828. The average molecular weight is 365 g/mol. The van der Waals surface area contributed by atoms with E-state index in [0.29, 0.717) is 11.4 Å². The summed E-state index contributed by atoms with van der Waals surface area (Å²) in [5.41, 5.74) is 21.1. The van der Waals surface area contributed by atoms with Crippen LogP contribution in [0, 0.1) is 20.8 Å². The lowest BCUT2D eigenvalue weighted by Crippen LogP contribution is -2.20. The molecule has 1 saturated heterocycles. The van der Waals surface area contributed by atoms with Gasteiger partial charge in [-0.15, -0.1) is 0 Å². The first-order valence-electron chi connectivity index (χ1n) is 9.40. The number of aromatic nitrogens is 2. The summed E-state index contributed by atoms with van der Waals surface area (Å²) in [6.07, 6.45) is 2.44. The number of fused-ring (bicyclic) bond motifs is 1. The molecule has 6 heteroatoms. The van der Waals surface area contributed by atoms with Gasteiger partial charge in [-0.2, -0.15) is 5.10 Å². The van der Waals surface area contributed by atoms with Crippen LogP contribution in [0.3, 0.4) is 0 Å². The number of anilines is 3. The Labute approximate surface area is 159 Å². The summed E-state index contributed by atoms with van der Waals surface area (Å²) in [6.45, 7) is 8.30. The fourth-order valence-corrected chi connectivity index (χ4v) is 4.22. The largest absolute Gasteiger partial charge is 0.496 e. The molecule has 0 unspecified atom stereocenters. The smallest absolute Gasteiger partial charge is 0.122 e. The first-order chi connectivity index (χ1) is 12.9. The normalized spacial score (nSPS) is 14.3. The number of aryl methyl sites for hydroxylation is 2. The Balaban J connectivity index is 2.01. The molecule has 0 radical (unpaired) electrons. The van der Waals surface area contributed by atoms with E-state index in [9.17, 15) is 0 Å². The summed E-state index contributed by atoms with van der Waals surface area (Å²) in [5, 5.41) is 4.89. The van der Waals surface area contributed by atoms with Crippen molar-refractivity contribution in [2.24, 2.45) is 0 Å². The quantitative estimate of drug-likeness (QED) is 0.739. The summed E-state index contributed by atoms with van der Waals surface area (Å²) in [4.78, 5) is 2.38. The molecule has 3 heterocycles. The van der Waals surface area contributed by atoms with Gasteiger partial charge in [0.15, 0.2) is 0 Å². The van der Waals surface area contributed by atoms with Crippen molar-refractivity contribution in [1.82, 2.24) is 9.61 Å². The van der Waals surface area contributed by atoms with E-state index in [2.05, 4.69) is 24.8 Å². The third-order valence-electron chi connectivity index (χ3n) is 5.68. The number of methoxy groups -OCH3 is 1. The summed E-state index contributed by atoms with van der Waals surface area (Å²) in [6, 6.07) is 6.16. The van der Waals surface area contributed by atoms with E-state index in [0.717, 1.165) is 58.1 Å².